The molecule has 0 unspecified atom stereocenters. The molecule has 2 heterocycles. The van der Waals surface area contributed by atoms with E-state index in [-0.39, 0.29) is 11.7 Å². The maximum atomic E-state index is 12.3. The van der Waals surface area contributed by atoms with E-state index in [9.17, 15) is 4.79 Å². The number of hydrogen-bond acceptors (Lipinski definition) is 6. The highest BCUT2D eigenvalue weighted by molar-refractivity contribution is 6.02. The second-order valence-electron chi connectivity index (χ2n) is 5.64. The number of benzene rings is 1. The van der Waals surface area contributed by atoms with E-state index in [4.69, 9.17) is 18.6 Å². The summed E-state index contributed by atoms with van der Waals surface area (Å²) in [5, 5.41) is 2.76. The number of furan rings is 1. The van der Waals surface area contributed by atoms with Crippen molar-refractivity contribution in [2.24, 2.45) is 0 Å². The molecule has 0 spiro atoms. The van der Waals surface area contributed by atoms with Crippen LogP contribution in [0.1, 0.15) is 21.9 Å². The van der Waals surface area contributed by atoms with E-state index >= 15 is 0 Å². The van der Waals surface area contributed by atoms with Gasteiger partial charge in [-0.05, 0) is 24.3 Å². The third-order valence-electron chi connectivity index (χ3n) is 3.99. The average Bonchev–Trinajstić information content (AvgIpc) is 3.17. The van der Waals surface area contributed by atoms with Gasteiger partial charge in [-0.25, -0.2) is 0 Å². The minimum absolute atomic E-state index is 0.216. The molecule has 0 radical (unpaired) electrons. The number of rotatable bonds is 7. The summed E-state index contributed by atoms with van der Waals surface area (Å²) in [6.45, 7) is 0. The first-order valence-electron chi connectivity index (χ1n) is 8.23. The van der Waals surface area contributed by atoms with Crippen LogP contribution in [0.2, 0.25) is 0 Å². The summed E-state index contributed by atoms with van der Waals surface area (Å²) in [5.74, 6) is 2.35. The van der Waals surface area contributed by atoms with Crippen LogP contribution in [0.4, 0.5) is 5.69 Å². The van der Waals surface area contributed by atoms with Crippen molar-refractivity contribution in [2.45, 2.75) is 6.42 Å². The van der Waals surface area contributed by atoms with Crippen LogP contribution in [0, 0.1) is 0 Å². The summed E-state index contributed by atoms with van der Waals surface area (Å²) in [6, 6.07) is 10.3. The zero-order valence-corrected chi connectivity index (χ0v) is 15.3. The molecule has 140 valence electrons. The predicted molar refractivity (Wildman–Crippen MR) is 99.8 cm³/mol. The van der Waals surface area contributed by atoms with E-state index in [0.717, 1.165) is 5.56 Å². The highest BCUT2D eigenvalue weighted by Gasteiger charge is 2.17. The van der Waals surface area contributed by atoms with Gasteiger partial charge in [0.15, 0.2) is 5.76 Å². The van der Waals surface area contributed by atoms with Gasteiger partial charge in [0, 0.05) is 42.2 Å². The molecule has 1 amide bonds. The lowest BCUT2D eigenvalue weighted by molar-refractivity contribution is 0.0995. The smallest absolute Gasteiger partial charge is 0.291 e. The summed E-state index contributed by atoms with van der Waals surface area (Å²) >= 11 is 0. The third kappa shape index (κ3) is 4.20. The molecule has 1 N–H and O–H groups in total. The number of nitrogens with zero attached hydrogens (tertiary/aromatic N) is 1. The Morgan fingerprint density at radius 2 is 1.67 bits per heavy atom. The normalized spacial score (nSPS) is 10.3. The first-order valence-corrected chi connectivity index (χ1v) is 8.23. The van der Waals surface area contributed by atoms with Crippen LogP contribution in [0.5, 0.6) is 17.2 Å². The number of carbonyl (C=O) groups is 1. The number of methoxy groups -OCH3 is 3. The van der Waals surface area contributed by atoms with Crippen LogP contribution in [-0.2, 0) is 6.42 Å². The number of pyridine rings is 1. The Labute approximate surface area is 156 Å². The fourth-order valence-electron chi connectivity index (χ4n) is 2.65. The van der Waals surface area contributed by atoms with Gasteiger partial charge in [0.25, 0.3) is 5.91 Å². The van der Waals surface area contributed by atoms with Crippen molar-refractivity contribution in [1.29, 1.82) is 0 Å². The molecule has 27 heavy (non-hydrogen) atoms. The molecular formula is C20H20N2O5. The van der Waals surface area contributed by atoms with Gasteiger partial charge in [-0.3, -0.25) is 9.78 Å². The molecule has 0 bridgehead atoms. The number of anilines is 1. The summed E-state index contributed by atoms with van der Waals surface area (Å²) in [5.41, 5.74) is 1.45. The van der Waals surface area contributed by atoms with Crippen LogP contribution in [0.25, 0.3) is 0 Å². The molecule has 3 aromatic rings. The van der Waals surface area contributed by atoms with Gasteiger partial charge in [-0.1, -0.05) is 0 Å². The molecule has 0 aliphatic rings. The summed E-state index contributed by atoms with van der Waals surface area (Å²) in [7, 11) is 4.73. The van der Waals surface area contributed by atoms with Crippen molar-refractivity contribution in [3.05, 3.63) is 65.9 Å². The van der Waals surface area contributed by atoms with Gasteiger partial charge in [0.05, 0.1) is 21.3 Å². The highest BCUT2D eigenvalue weighted by atomic mass is 16.5. The monoisotopic (exact) mass is 368 g/mol. The Morgan fingerprint density at radius 1 is 1.00 bits per heavy atom. The van der Waals surface area contributed by atoms with Crippen molar-refractivity contribution in [3.8, 4) is 17.2 Å². The standard InChI is InChI=1S/C20H20N2O5/c1-24-15-11-18(25-2)16(19(12-15)26-3)10-14-4-5-17(27-14)20(23)22-13-6-8-21-9-7-13/h4-9,11-12H,10H2,1-3H3,(H,21,22,23). The SMILES string of the molecule is COc1cc(OC)c(Cc2ccc(C(=O)Nc3ccncc3)o2)c(OC)c1. The molecule has 7 nitrogen and oxygen atoms in total. The van der Waals surface area contributed by atoms with Crippen molar-refractivity contribution >= 4 is 11.6 Å². The van der Waals surface area contributed by atoms with E-state index in [1.54, 1.807) is 70.1 Å². The topological polar surface area (TPSA) is 82.8 Å². The maximum absolute atomic E-state index is 12.3. The largest absolute Gasteiger partial charge is 0.496 e. The number of amides is 1. The predicted octanol–water partition coefficient (Wildman–Crippen LogP) is 3.54. The number of hydrogen-bond donors (Lipinski definition) is 1. The summed E-state index contributed by atoms with van der Waals surface area (Å²) < 4.78 is 21.9. The molecule has 0 aliphatic heterocycles. The van der Waals surface area contributed by atoms with Crippen LogP contribution in [-0.4, -0.2) is 32.2 Å². The Hall–Kier alpha value is -3.48. The van der Waals surface area contributed by atoms with Gasteiger partial charge in [0.2, 0.25) is 0 Å². The first kappa shape index (κ1) is 18.3. The van der Waals surface area contributed by atoms with E-state index < -0.39 is 0 Å². The Morgan fingerprint density at radius 3 is 2.26 bits per heavy atom. The van der Waals surface area contributed by atoms with Crippen LogP contribution < -0.4 is 19.5 Å². The van der Waals surface area contributed by atoms with Gasteiger partial charge in [-0.15, -0.1) is 0 Å². The van der Waals surface area contributed by atoms with E-state index in [2.05, 4.69) is 10.3 Å². The van der Waals surface area contributed by atoms with Crippen LogP contribution >= 0.6 is 0 Å². The number of carbonyl (C=O) groups excluding carboxylic acids is 1. The Bertz CT molecular complexity index is 896. The molecule has 7 heteroatoms. The number of nitrogens with one attached hydrogen (secondary N) is 1. The lowest BCUT2D eigenvalue weighted by atomic mass is 10.1. The quantitative estimate of drug-likeness (QED) is 0.687. The molecule has 1 aromatic carbocycles. The number of ether oxygens (including phenoxy) is 3. The van der Waals surface area contributed by atoms with Gasteiger partial charge < -0.3 is 23.9 Å². The minimum Gasteiger partial charge on any atom is -0.496 e. The minimum atomic E-state index is -0.332. The molecule has 3 rings (SSSR count). The number of aromatic nitrogens is 1. The van der Waals surface area contributed by atoms with Crippen LogP contribution in [0.3, 0.4) is 0 Å². The van der Waals surface area contributed by atoms with Crippen molar-refractivity contribution < 1.29 is 23.4 Å². The molecule has 0 fully saturated rings. The molecule has 2 aromatic heterocycles. The zero-order valence-electron chi connectivity index (χ0n) is 15.3. The van der Waals surface area contributed by atoms with E-state index in [1.165, 1.54) is 0 Å². The van der Waals surface area contributed by atoms with Crippen molar-refractivity contribution in [1.82, 2.24) is 4.98 Å². The van der Waals surface area contributed by atoms with Gasteiger partial charge in [-0.2, -0.15) is 0 Å². The molecule has 0 saturated heterocycles. The molecule has 0 aliphatic carbocycles. The van der Waals surface area contributed by atoms with Gasteiger partial charge in [0.1, 0.15) is 23.0 Å². The third-order valence-corrected chi connectivity index (χ3v) is 3.99. The second kappa shape index (κ2) is 8.27. The lowest BCUT2D eigenvalue weighted by Gasteiger charge is -2.14. The lowest BCUT2D eigenvalue weighted by Crippen LogP contribution is -2.10. The Kier molecular flexibility index (Phi) is 5.61. The fourth-order valence-corrected chi connectivity index (χ4v) is 2.65. The fraction of sp³-hybridized carbons (Fsp3) is 0.200. The maximum Gasteiger partial charge on any atom is 0.291 e. The van der Waals surface area contributed by atoms with Gasteiger partial charge >= 0.3 is 0 Å². The average molecular weight is 368 g/mol. The molecule has 0 atom stereocenters. The molecule has 0 saturated carbocycles. The summed E-state index contributed by atoms with van der Waals surface area (Å²) in [6.07, 6.45) is 3.61. The van der Waals surface area contributed by atoms with E-state index in [1.807, 2.05) is 0 Å². The van der Waals surface area contributed by atoms with Crippen molar-refractivity contribution in [3.63, 3.8) is 0 Å². The highest BCUT2D eigenvalue weighted by Crippen LogP contribution is 2.35. The zero-order chi connectivity index (χ0) is 19.2. The summed E-state index contributed by atoms with van der Waals surface area (Å²) in [4.78, 5) is 16.2. The second-order valence-corrected chi connectivity index (χ2v) is 5.64. The van der Waals surface area contributed by atoms with Crippen LogP contribution in [0.15, 0.2) is 53.2 Å². The molecular weight excluding hydrogens is 348 g/mol. The first-order chi connectivity index (χ1) is 13.1. The Balaban J connectivity index is 1.80. The van der Waals surface area contributed by atoms with Crippen molar-refractivity contribution in [2.75, 3.05) is 26.6 Å². The van der Waals surface area contributed by atoms with E-state index in [0.29, 0.717) is 35.1 Å².